The molecule has 1 aromatic rings. The number of hydrazone groups is 1. The molecule has 1 N–H and O–H groups in total. The van der Waals surface area contributed by atoms with Gasteiger partial charge in [-0.15, -0.1) is 0 Å². The van der Waals surface area contributed by atoms with E-state index in [-0.39, 0.29) is 5.91 Å². The highest BCUT2D eigenvalue weighted by atomic mass is 79.9. The summed E-state index contributed by atoms with van der Waals surface area (Å²) < 4.78 is 0. The van der Waals surface area contributed by atoms with Gasteiger partial charge in [0.15, 0.2) is 0 Å². The molecule has 0 aliphatic carbocycles. The molecule has 0 unspecified atom stereocenters. The number of carbonyl (C=O) groups excluding carboxylic acids is 1. The van der Waals surface area contributed by atoms with Crippen molar-refractivity contribution in [3.63, 3.8) is 0 Å². The van der Waals surface area contributed by atoms with Crippen molar-refractivity contribution < 1.29 is 4.79 Å². The highest BCUT2D eigenvalue weighted by Gasteiger charge is 2.02. The van der Waals surface area contributed by atoms with Crippen molar-refractivity contribution in [3.8, 4) is 0 Å². The SMILES string of the molecule is CC(=O)N/N=C(/CBr)c1ccc(Cl)cc1. The highest BCUT2D eigenvalue weighted by molar-refractivity contribution is 9.09. The van der Waals surface area contributed by atoms with Gasteiger partial charge in [0.1, 0.15) is 0 Å². The van der Waals surface area contributed by atoms with Gasteiger partial charge in [-0.2, -0.15) is 5.10 Å². The molecule has 0 aromatic heterocycles. The maximum Gasteiger partial charge on any atom is 0.236 e. The molecule has 0 bridgehead atoms. The van der Waals surface area contributed by atoms with E-state index in [4.69, 9.17) is 11.6 Å². The molecule has 0 fully saturated rings. The van der Waals surface area contributed by atoms with Crippen LogP contribution in [-0.4, -0.2) is 16.9 Å². The third-order valence-electron chi connectivity index (χ3n) is 1.65. The fraction of sp³-hybridized carbons (Fsp3) is 0.200. The molecule has 80 valence electrons. The summed E-state index contributed by atoms with van der Waals surface area (Å²) in [6, 6.07) is 7.26. The fourth-order valence-electron chi connectivity index (χ4n) is 0.960. The van der Waals surface area contributed by atoms with E-state index < -0.39 is 0 Å². The molecule has 1 rings (SSSR count). The van der Waals surface area contributed by atoms with Crippen LogP contribution in [0.25, 0.3) is 0 Å². The van der Waals surface area contributed by atoms with Gasteiger partial charge in [-0.05, 0) is 17.7 Å². The number of alkyl halides is 1. The maximum absolute atomic E-state index is 10.7. The van der Waals surface area contributed by atoms with Crippen molar-refractivity contribution in [1.29, 1.82) is 0 Å². The number of halogens is 2. The van der Waals surface area contributed by atoms with Crippen LogP contribution in [0, 0.1) is 0 Å². The Bertz CT molecular complexity index is 376. The normalized spacial score (nSPS) is 11.3. The third kappa shape index (κ3) is 4.01. The Balaban J connectivity index is 2.87. The lowest BCUT2D eigenvalue weighted by Crippen LogP contribution is -2.17. The lowest BCUT2D eigenvalue weighted by atomic mass is 10.1. The van der Waals surface area contributed by atoms with Crippen LogP contribution < -0.4 is 5.43 Å². The average Bonchev–Trinajstić information content (AvgIpc) is 2.21. The summed E-state index contributed by atoms with van der Waals surface area (Å²) in [6.45, 7) is 1.41. The van der Waals surface area contributed by atoms with Crippen LogP contribution in [0.3, 0.4) is 0 Å². The van der Waals surface area contributed by atoms with Crippen LogP contribution in [0.15, 0.2) is 29.4 Å². The molecular formula is C10H10BrClN2O. The Labute approximate surface area is 102 Å². The van der Waals surface area contributed by atoms with Gasteiger partial charge < -0.3 is 0 Å². The molecule has 0 saturated heterocycles. The topological polar surface area (TPSA) is 41.5 Å². The molecule has 1 aromatic carbocycles. The van der Waals surface area contributed by atoms with E-state index in [0.717, 1.165) is 11.3 Å². The fourth-order valence-corrected chi connectivity index (χ4v) is 1.54. The number of hydrogen-bond donors (Lipinski definition) is 1. The predicted octanol–water partition coefficient (Wildman–Crippen LogP) is 2.58. The molecular weight excluding hydrogens is 279 g/mol. The van der Waals surface area contributed by atoms with Gasteiger partial charge in [0.25, 0.3) is 0 Å². The lowest BCUT2D eigenvalue weighted by Gasteiger charge is -2.03. The van der Waals surface area contributed by atoms with Crippen molar-refractivity contribution in [3.05, 3.63) is 34.9 Å². The molecule has 0 saturated carbocycles. The minimum atomic E-state index is -0.192. The van der Waals surface area contributed by atoms with E-state index in [2.05, 4.69) is 26.5 Å². The van der Waals surface area contributed by atoms with Crippen molar-refractivity contribution in [2.45, 2.75) is 6.92 Å². The third-order valence-corrected chi connectivity index (χ3v) is 2.44. The van der Waals surface area contributed by atoms with Gasteiger partial charge >= 0.3 is 0 Å². The van der Waals surface area contributed by atoms with E-state index in [0.29, 0.717) is 10.4 Å². The Morgan fingerprint density at radius 2 is 2.07 bits per heavy atom. The van der Waals surface area contributed by atoms with Gasteiger partial charge in [0.2, 0.25) is 5.91 Å². The first-order chi connectivity index (χ1) is 7.13. The number of amides is 1. The van der Waals surface area contributed by atoms with E-state index >= 15 is 0 Å². The Morgan fingerprint density at radius 3 is 2.53 bits per heavy atom. The largest absolute Gasteiger partial charge is 0.274 e. The van der Waals surface area contributed by atoms with Crippen LogP contribution in [-0.2, 0) is 4.79 Å². The molecule has 0 aliphatic heterocycles. The summed E-state index contributed by atoms with van der Waals surface area (Å²) in [5.74, 6) is -0.192. The molecule has 0 heterocycles. The summed E-state index contributed by atoms with van der Waals surface area (Å²) in [7, 11) is 0. The van der Waals surface area contributed by atoms with Crippen molar-refractivity contribution >= 4 is 39.1 Å². The summed E-state index contributed by atoms with van der Waals surface area (Å²) in [6.07, 6.45) is 0. The molecule has 3 nitrogen and oxygen atoms in total. The second-order valence-corrected chi connectivity index (χ2v) is 3.86. The standard InChI is InChI=1S/C10H10BrClN2O/c1-7(15)13-14-10(6-11)8-2-4-9(12)5-3-8/h2-5H,6H2,1H3,(H,13,15)/b14-10-. The van der Waals surface area contributed by atoms with Crippen LogP contribution in [0.2, 0.25) is 5.02 Å². The van der Waals surface area contributed by atoms with Gasteiger partial charge in [0, 0.05) is 17.3 Å². The number of rotatable bonds is 3. The smallest absolute Gasteiger partial charge is 0.236 e. The highest BCUT2D eigenvalue weighted by Crippen LogP contribution is 2.11. The summed E-state index contributed by atoms with van der Waals surface area (Å²) in [5.41, 5.74) is 4.07. The van der Waals surface area contributed by atoms with Gasteiger partial charge in [-0.1, -0.05) is 39.7 Å². The summed E-state index contributed by atoms with van der Waals surface area (Å²) in [4.78, 5) is 10.7. The molecule has 0 radical (unpaired) electrons. The molecule has 5 heteroatoms. The average molecular weight is 290 g/mol. The van der Waals surface area contributed by atoms with Gasteiger partial charge in [-0.3, -0.25) is 4.79 Å². The van der Waals surface area contributed by atoms with Crippen LogP contribution >= 0.6 is 27.5 Å². The number of nitrogens with zero attached hydrogens (tertiary/aromatic N) is 1. The summed E-state index contributed by atoms with van der Waals surface area (Å²) >= 11 is 9.07. The van der Waals surface area contributed by atoms with E-state index in [1.165, 1.54) is 6.92 Å². The van der Waals surface area contributed by atoms with E-state index in [9.17, 15) is 4.79 Å². The first-order valence-corrected chi connectivity index (χ1v) is 5.78. The number of hydrogen-bond acceptors (Lipinski definition) is 2. The monoisotopic (exact) mass is 288 g/mol. The molecule has 15 heavy (non-hydrogen) atoms. The Hall–Kier alpha value is -0.870. The van der Waals surface area contributed by atoms with Crippen molar-refractivity contribution in [1.82, 2.24) is 5.43 Å². The Kier molecular flexibility index (Phi) is 4.78. The number of nitrogens with one attached hydrogen (secondary N) is 1. The van der Waals surface area contributed by atoms with Gasteiger partial charge in [-0.25, -0.2) is 5.43 Å². The lowest BCUT2D eigenvalue weighted by molar-refractivity contribution is -0.118. The number of carbonyl (C=O) groups is 1. The Morgan fingerprint density at radius 1 is 1.47 bits per heavy atom. The second kappa shape index (κ2) is 5.88. The zero-order chi connectivity index (χ0) is 11.3. The maximum atomic E-state index is 10.7. The number of benzene rings is 1. The zero-order valence-corrected chi connectivity index (χ0v) is 10.5. The summed E-state index contributed by atoms with van der Waals surface area (Å²) in [5, 5.41) is 5.21. The molecule has 0 aliphatic rings. The zero-order valence-electron chi connectivity index (χ0n) is 8.13. The molecule has 0 atom stereocenters. The molecule has 1 amide bonds. The van der Waals surface area contributed by atoms with Crippen LogP contribution in [0.5, 0.6) is 0 Å². The predicted molar refractivity (Wildman–Crippen MR) is 65.6 cm³/mol. The first-order valence-electron chi connectivity index (χ1n) is 4.28. The minimum absolute atomic E-state index is 0.192. The van der Waals surface area contributed by atoms with Crippen LogP contribution in [0.1, 0.15) is 12.5 Å². The quantitative estimate of drug-likeness (QED) is 0.519. The molecule has 0 spiro atoms. The van der Waals surface area contributed by atoms with E-state index in [1.807, 2.05) is 12.1 Å². The second-order valence-electron chi connectivity index (χ2n) is 2.87. The minimum Gasteiger partial charge on any atom is -0.274 e. The first kappa shape index (κ1) is 12.2. The van der Waals surface area contributed by atoms with Crippen molar-refractivity contribution in [2.75, 3.05) is 5.33 Å². The van der Waals surface area contributed by atoms with Crippen molar-refractivity contribution in [2.24, 2.45) is 5.10 Å². The van der Waals surface area contributed by atoms with Crippen LogP contribution in [0.4, 0.5) is 0 Å². The van der Waals surface area contributed by atoms with Gasteiger partial charge in [0.05, 0.1) is 5.71 Å². The van der Waals surface area contributed by atoms with E-state index in [1.54, 1.807) is 12.1 Å².